The van der Waals surface area contributed by atoms with E-state index >= 15 is 0 Å². The van der Waals surface area contributed by atoms with Gasteiger partial charge in [-0.25, -0.2) is 4.79 Å². The van der Waals surface area contributed by atoms with E-state index in [2.05, 4.69) is 0 Å². The minimum Gasteiger partial charge on any atom is -0.449 e. The maximum Gasteiger partial charge on any atom is 0.375 e. The zero-order valence-corrected chi connectivity index (χ0v) is 9.17. The van der Waals surface area contributed by atoms with E-state index in [1.165, 1.54) is 6.92 Å². The number of esters is 1. The van der Waals surface area contributed by atoms with E-state index in [0.29, 0.717) is 5.58 Å². The molecule has 2 N–H and O–H groups in total. The Morgan fingerprint density at radius 1 is 1.35 bits per heavy atom. The van der Waals surface area contributed by atoms with E-state index in [1.54, 1.807) is 18.2 Å². The number of hydrogen-bond acceptors (Lipinski definition) is 4. The summed E-state index contributed by atoms with van der Waals surface area (Å²) in [6, 6.07) is 8.74. The summed E-state index contributed by atoms with van der Waals surface area (Å²) in [5.74, 6) is -1.35. The van der Waals surface area contributed by atoms with Gasteiger partial charge in [0.05, 0.1) is 0 Å². The number of benzene rings is 1. The van der Waals surface area contributed by atoms with E-state index < -0.39 is 18.0 Å². The topological polar surface area (TPSA) is 82.5 Å². The lowest BCUT2D eigenvalue weighted by Crippen LogP contribution is -2.30. The van der Waals surface area contributed by atoms with E-state index in [1.807, 2.05) is 12.1 Å². The number of rotatable bonds is 3. The van der Waals surface area contributed by atoms with Crippen molar-refractivity contribution in [3.8, 4) is 0 Å². The molecular weight excluding hydrogens is 222 g/mol. The quantitative estimate of drug-likeness (QED) is 0.813. The summed E-state index contributed by atoms with van der Waals surface area (Å²) >= 11 is 0. The maximum atomic E-state index is 11.6. The third kappa shape index (κ3) is 2.28. The molecular formula is C12H11NO4. The summed E-state index contributed by atoms with van der Waals surface area (Å²) in [4.78, 5) is 22.4. The van der Waals surface area contributed by atoms with Gasteiger partial charge >= 0.3 is 5.97 Å². The summed E-state index contributed by atoms with van der Waals surface area (Å²) in [5.41, 5.74) is 5.58. The number of carbonyl (C=O) groups is 2. The molecule has 1 aromatic carbocycles. The second-order valence-electron chi connectivity index (χ2n) is 3.60. The molecule has 1 atom stereocenters. The summed E-state index contributed by atoms with van der Waals surface area (Å²) in [6.45, 7) is 1.41. The molecule has 0 spiro atoms. The van der Waals surface area contributed by atoms with Crippen LogP contribution in [0, 0.1) is 0 Å². The van der Waals surface area contributed by atoms with E-state index in [-0.39, 0.29) is 5.76 Å². The minimum absolute atomic E-state index is 0.0549. The van der Waals surface area contributed by atoms with E-state index in [4.69, 9.17) is 14.9 Å². The molecule has 0 aliphatic carbocycles. The smallest absolute Gasteiger partial charge is 0.375 e. The van der Waals surface area contributed by atoms with Crippen molar-refractivity contribution < 1.29 is 18.7 Å². The molecule has 0 saturated heterocycles. The first-order valence-corrected chi connectivity index (χ1v) is 5.07. The lowest BCUT2D eigenvalue weighted by molar-refractivity contribution is -0.125. The van der Waals surface area contributed by atoms with E-state index in [9.17, 15) is 9.59 Å². The number of furan rings is 1. The Morgan fingerprint density at radius 3 is 2.71 bits per heavy atom. The molecule has 1 aromatic heterocycles. The lowest BCUT2D eigenvalue weighted by Gasteiger charge is -2.07. The van der Waals surface area contributed by atoms with Crippen molar-refractivity contribution in [3.05, 3.63) is 36.1 Å². The van der Waals surface area contributed by atoms with Crippen LogP contribution >= 0.6 is 0 Å². The van der Waals surface area contributed by atoms with Crippen molar-refractivity contribution in [3.63, 3.8) is 0 Å². The van der Waals surface area contributed by atoms with Crippen molar-refractivity contribution in [1.82, 2.24) is 0 Å². The van der Waals surface area contributed by atoms with Crippen LogP contribution in [-0.4, -0.2) is 18.0 Å². The van der Waals surface area contributed by atoms with Crippen LogP contribution < -0.4 is 5.73 Å². The van der Waals surface area contributed by atoms with Crippen LogP contribution in [0.4, 0.5) is 0 Å². The fraction of sp³-hybridized carbons (Fsp3) is 0.167. The first kappa shape index (κ1) is 11.2. The molecule has 0 unspecified atom stereocenters. The number of carbonyl (C=O) groups excluding carboxylic acids is 2. The lowest BCUT2D eigenvalue weighted by atomic mass is 10.2. The standard InChI is InChI=1S/C12H11NO4/c1-7(11(13)14)16-12(15)10-6-8-4-2-3-5-9(8)17-10/h2-7H,1H3,(H2,13,14)/t7-/m1/s1. The third-order valence-electron chi connectivity index (χ3n) is 2.31. The Bertz CT molecular complexity index is 540. The first-order chi connectivity index (χ1) is 8.08. The molecule has 0 aliphatic heterocycles. The van der Waals surface area contributed by atoms with Crippen LogP contribution in [0.1, 0.15) is 17.5 Å². The fourth-order valence-electron chi connectivity index (χ4n) is 1.36. The third-order valence-corrected chi connectivity index (χ3v) is 2.31. The van der Waals surface area contributed by atoms with Gasteiger partial charge in [-0.15, -0.1) is 0 Å². The van der Waals surface area contributed by atoms with Gasteiger partial charge in [-0.2, -0.15) is 0 Å². The molecule has 5 heteroatoms. The summed E-state index contributed by atoms with van der Waals surface area (Å²) in [7, 11) is 0. The average molecular weight is 233 g/mol. The molecule has 17 heavy (non-hydrogen) atoms. The summed E-state index contributed by atoms with van der Waals surface area (Å²) < 4.78 is 10.1. The average Bonchev–Trinajstić information content (AvgIpc) is 2.72. The van der Waals surface area contributed by atoms with Gasteiger partial charge in [-0.1, -0.05) is 18.2 Å². The zero-order chi connectivity index (χ0) is 12.4. The number of para-hydroxylation sites is 1. The molecule has 0 fully saturated rings. The SMILES string of the molecule is C[C@@H](OC(=O)c1cc2ccccc2o1)C(N)=O. The normalized spacial score (nSPS) is 12.3. The predicted octanol–water partition coefficient (Wildman–Crippen LogP) is 1.46. The van der Waals surface area contributed by atoms with Gasteiger partial charge in [-0.05, 0) is 19.1 Å². The highest BCUT2D eigenvalue weighted by Crippen LogP contribution is 2.19. The molecule has 2 aromatic rings. The zero-order valence-electron chi connectivity index (χ0n) is 9.17. The van der Waals surface area contributed by atoms with Gasteiger partial charge in [0.1, 0.15) is 5.58 Å². The Morgan fingerprint density at radius 2 is 2.06 bits per heavy atom. The van der Waals surface area contributed by atoms with Gasteiger partial charge in [0.15, 0.2) is 6.10 Å². The van der Waals surface area contributed by atoms with Crippen LogP contribution in [0.2, 0.25) is 0 Å². The van der Waals surface area contributed by atoms with Crippen LogP contribution in [-0.2, 0) is 9.53 Å². The van der Waals surface area contributed by atoms with Crippen molar-refractivity contribution >= 4 is 22.8 Å². The van der Waals surface area contributed by atoms with Crippen molar-refractivity contribution in [1.29, 1.82) is 0 Å². The monoisotopic (exact) mass is 233 g/mol. The second kappa shape index (κ2) is 4.29. The van der Waals surface area contributed by atoms with Gasteiger partial charge in [0.2, 0.25) is 5.76 Å². The fourth-order valence-corrected chi connectivity index (χ4v) is 1.36. The molecule has 1 amide bonds. The maximum absolute atomic E-state index is 11.6. The molecule has 0 aliphatic rings. The van der Waals surface area contributed by atoms with Crippen LogP contribution in [0.3, 0.4) is 0 Å². The molecule has 0 radical (unpaired) electrons. The van der Waals surface area contributed by atoms with Gasteiger partial charge < -0.3 is 14.9 Å². The minimum atomic E-state index is -0.976. The molecule has 0 saturated carbocycles. The largest absolute Gasteiger partial charge is 0.449 e. The number of ether oxygens (including phenoxy) is 1. The second-order valence-corrected chi connectivity index (χ2v) is 3.60. The number of primary amides is 1. The van der Waals surface area contributed by atoms with Gasteiger partial charge in [0.25, 0.3) is 5.91 Å². The molecule has 0 bridgehead atoms. The van der Waals surface area contributed by atoms with Crippen molar-refractivity contribution in [2.24, 2.45) is 5.73 Å². The first-order valence-electron chi connectivity index (χ1n) is 5.07. The van der Waals surface area contributed by atoms with Crippen LogP contribution in [0.25, 0.3) is 11.0 Å². The summed E-state index contributed by atoms with van der Waals surface area (Å²) in [6.07, 6.45) is -0.976. The summed E-state index contributed by atoms with van der Waals surface area (Å²) in [5, 5.41) is 0.797. The van der Waals surface area contributed by atoms with Crippen LogP contribution in [0.15, 0.2) is 34.7 Å². The molecule has 1 heterocycles. The Labute approximate surface area is 97.1 Å². The van der Waals surface area contributed by atoms with Gasteiger partial charge in [0, 0.05) is 5.39 Å². The number of fused-ring (bicyclic) bond motifs is 1. The Balaban J connectivity index is 2.22. The molecule has 2 rings (SSSR count). The number of hydrogen-bond donors (Lipinski definition) is 1. The van der Waals surface area contributed by atoms with Crippen molar-refractivity contribution in [2.45, 2.75) is 13.0 Å². The highest BCUT2D eigenvalue weighted by atomic mass is 16.6. The van der Waals surface area contributed by atoms with Crippen molar-refractivity contribution in [2.75, 3.05) is 0 Å². The van der Waals surface area contributed by atoms with E-state index in [0.717, 1.165) is 5.39 Å². The van der Waals surface area contributed by atoms with Crippen LogP contribution in [0.5, 0.6) is 0 Å². The van der Waals surface area contributed by atoms with Gasteiger partial charge in [-0.3, -0.25) is 4.79 Å². The Hall–Kier alpha value is -2.30. The Kier molecular flexibility index (Phi) is 2.82. The predicted molar refractivity (Wildman–Crippen MR) is 60.3 cm³/mol. The highest BCUT2D eigenvalue weighted by Gasteiger charge is 2.19. The number of nitrogens with two attached hydrogens (primary N) is 1. The molecule has 5 nitrogen and oxygen atoms in total. The number of amides is 1. The molecule has 88 valence electrons. The highest BCUT2D eigenvalue weighted by molar-refractivity contribution is 5.94.